The van der Waals surface area contributed by atoms with Crippen molar-refractivity contribution in [2.24, 2.45) is 11.3 Å². The topological polar surface area (TPSA) is 66.5 Å². The number of amides is 1. The average molecular weight is 536 g/mol. The van der Waals surface area contributed by atoms with E-state index >= 15 is 0 Å². The summed E-state index contributed by atoms with van der Waals surface area (Å²) in [6.07, 6.45) is 6.04. The smallest absolute Gasteiger partial charge is 0.229 e. The largest absolute Gasteiger partial charge is 0.330 e. The molecule has 1 saturated carbocycles. The Labute approximate surface area is 218 Å². The van der Waals surface area contributed by atoms with Crippen LogP contribution in [-0.2, 0) is 14.8 Å². The second-order valence-corrected chi connectivity index (χ2v) is 12.9. The van der Waals surface area contributed by atoms with Crippen LogP contribution in [0.3, 0.4) is 0 Å². The van der Waals surface area contributed by atoms with Crippen LogP contribution in [-0.4, -0.2) is 38.1 Å². The number of piperidine rings is 1. The van der Waals surface area contributed by atoms with Gasteiger partial charge in [0.05, 0.1) is 17.7 Å². The molecule has 2 aliphatic rings. The molecule has 1 saturated heterocycles. The second-order valence-electron chi connectivity index (χ2n) is 10.2. The van der Waals surface area contributed by atoms with Crippen LogP contribution in [0.2, 0.25) is 10.0 Å². The van der Waals surface area contributed by atoms with E-state index < -0.39 is 15.4 Å². The summed E-state index contributed by atoms with van der Waals surface area (Å²) < 4.78 is 26.7. The molecule has 2 aromatic carbocycles. The van der Waals surface area contributed by atoms with Gasteiger partial charge >= 0.3 is 0 Å². The lowest BCUT2D eigenvalue weighted by molar-refractivity contribution is -0.155. The first-order valence-corrected chi connectivity index (χ1v) is 14.6. The Morgan fingerprint density at radius 1 is 1.14 bits per heavy atom. The summed E-state index contributed by atoms with van der Waals surface area (Å²) in [5.74, 6) is 0.230. The molecule has 1 N–H and O–H groups in total. The third kappa shape index (κ3) is 5.93. The Kier molecular flexibility index (Phi) is 7.68. The maximum atomic E-state index is 14.3. The molecule has 0 aromatic heterocycles. The highest BCUT2D eigenvalue weighted by molar-refractivity contribution is 7.88. The van der Waals surface area contributed by atoms with Gasteiger partial charge in [0.15, 0.2) is 0 Å². The molecule has 0 bridgehead atoms. The molecule has 1 aliphatic carbocycles. The third-order valence-corrected chi connectivity index (χ3v) is 8.44. The van der Waals surface area contributed by atoms with Crippen molar-refractivity contribution >= 4 is 39.1 Å². The molecule has 1 amide bonds. The second kappa shape index (κ2) is 10.3. The van der Waals surface area contributed by atoms with Crippen LogP contribution in [0, 0.1) is 11.3 Å². The number of nitrogens with zero attached hydrogens (tertiary/aromatic N) is 1. The normalized spacial score (nSPS) is 25.9. The molecule has 188 valence electrons. The summed E-state index contributed by atoms with van der Waals surface area (Å²) in [6.45, 7) is 6.10. The fourth-order valence-corrected chi connectivity index (χ4v) is 6.26. The van der Waals surface area contributed by atoms with Gasteiger partial charge in [-0.05, 0) is 67.0 Å². The van der Waals surface area contributed by atoms with E-state index in [9.17, 15) is 13.2 Å². The SMILES string of the molecule is C=CC[C@@]1(C)C[C@H](c2cccc(Cl)c2)C(c2ccc(Cl)cc2)N(C(CNS(C)(=O)=O)C2CC2)C1=O. The van der Waals surface area contributed by atoms with Crippen molar-refractivity contribution in [3.8, 4) is 0 Å². The highest BCUT2D eigenvalue weighted by Gasteiger charge is 2.53. The molecule has 1 heterocycles. The summed E-state index contributed by atoms with van der Waals surface area (Å²) in [5.41, 5.74) is 1.35. The van der Waals surface area contributed by atoms with Crippen molar-refractivity contribution in [1.29, 1.82) is 0 Å². The first-order chi connectivity index (χ1) is 16.5. The van der Waals surface area contributed by atoms with Gasteiger partial charge in [-0.2, -0.15) is 0 Å². The van der Waals surface area contributed by atoms with Gasteiger partial charge in [-0.15, -0.1) is 6.58 Å². The fourth-order valence-electron chi connectivity index (χ4n) is 5.46. The summed E-state index contributed by atoms with van der Waals surface area (Å²) >= 11 is 12.6. The number of rotatable bonds is 9. The number of nitrogens with one attached hydrogen (secondary N) is 1. The fraction of sp³-hybridized carbons (Fsp3) is 0.444. The quantitative estimate of drug-likeness (QED) is 0.403. The highest BCUT2D eigenvalue weighted by Crippen LogP contribution is 2.54. The lowest BCUT2D eigenvalue weighted by atomic mass is 9.67. The Bertz CT molecular complexity index is 1200. The van der Waals surface area contributed by atoms with E-state index in [-0.39, 0.29) is 36.4 Å². The first kappa shape index (κ1) is 26.2. The van der Waals surface area contributed by atoms with E-state index in [4.69, 9.17) is 23.2 Å². The van der Waals surface area contributed by atoms with Crippen LogP contribution in [0.5, 0.6) is 0 Å². The summed E-state index contributed by atoms with van der Waals surface area (Å²) in [6, 6.07) is 14.9. The van der Waals surface area contributed by atoms with Crippen molar-refractivity contribution in [3.63, 3.8) is 0 Å². The van der Waals surface area contributed by atoms with Crippen molar-refractivity contribution in [1.82, 2.24) is 9.62 Å². The molecular weight excluding hydrogens is 503 g/mol. The number of allylic oxidation sites excluding steroid dienone is 1. The number of hydrogen-bond acceptors (Lipinski definition) is 3. The van der Waals surface area contributed by atoms with Crippen LogP contribution >= 0.6 is 23.2 Å². The highest BCUT2D eigenvalue weighted by atomic mass is 35.5. The Morgan fingerprint density at radius 2 is 1.83 bits per heavy atom. The maximum absolute atomic E-state index is 14.3. The standard InChI is InChI=1S/C27H32Cl2N2O3S/c1-4-14-27(2)16-23(20-6-5-7-22(29)15-20)25(19-10-12-21(28)13-11-19)31(26(27)32)24(18-8-9-18)17-30-35(3,33)34/h4-7,10-13,15,18,23-25,30H,1,8-9,14,16-17H2,2-3H3/t23-,24?,25?,27+/m1/s1. The van der Waals surface area contributed by atoms with E-state index in [0.717, 1.165) is 30.2 Å². The molecule has 4 atom stereocenters. The van der Waals surface area contributed by atoms with Crippen molar-refractivity contribution in [2.45, 2.75) is 50.6 Å². The molecule has 2 fully saturated rings. The minimum Gasteiger partial charge on any atom is -0.330 e. The van der Waals surface area contributed by atoms with E-state index in [0.29, 0.717) is 22.9 Å². The molecule has 4 rings (SSSR count). The van der Waals surface area contributed by atoms with Gasteiger partial charge in [-0.25, -0.2) is 13.1 Å². The Morgan fingerprint density at radius 3 is 2.40 bits per heavy atom. The van der Waals surface area contributed by atoms with Gasteiger partial charge in [0, 0.05) is 28.5 Å². The van der Waals surface area contributed by atoms with Gasteiger partial charge < -0.3 is 4.90 Å². The molecule has 5 nitrogen and oxygen atoms in total. The number of hydrogen-bond donors (Lipinski definition) is 1. The zero-order valence-electron chi connectivity index (χ0n) is 20.1. The molecule has 0 spiro atoms. The lowest BCUT2D eigenvalue weighted by Crippen LogP contribution is -2.58. The summed E-state index contributed by atoms with van der Waals surface area (Å²) in [4.78, 5) is 16.2. The Balaban J connectivity index is 1.88. The zero-order valence-corrected chi connectivity index (χ0v) is 22.4. The average Bonchev–Trinajstić information content (AvgIpc) is 3.62. The summed E-state index contributed by atoms with van der Waals surface area (Å²) in [5, 5.41) is 1.26. The van der Waals surface area contributed by atoms with Crippen LogP contribution in [0.1, 0.15) is 55.7 Å². The number of sulfonamides is 1. The van der Waals surface area contributed by atoms with Crippen LogP contribution in [0.4, 0.5) is 0 Å². The van der Waals surface area contributed by atoms with E-state index in [1.165, 1.54) is 0 Å². The van der Waals surface area contributed by atoms with Crippen LogP contribution < -0.4 is 4.72 Å². The van der Waals surface area contributed by atoms with Crippen LogP contribution in [0.25, 0.3) is 0 Å². The molecule has 0 radical (unpaired) electrons. The van der Waals surface area contributed by atoms with Gasteiger partial charge in [-0.1, -0.05) is 60.5 Å². The maximum Gasteiger partial charge on any atom is 0.229 e. The summed E-state index contributed by atoms with van der Waals surface area (Å²) in [7, 11) is -3.42. The molecule has 8 heteroatoms. The van der Waals surface area contributed by atoms with E-state index in [1.54, 1.807) is 6.08 Å². The molecular formula is C27H32Cl2N2O3S. The molecule has 1 aliphatic heterocycles. The lowest BCUT2D eigenvalue weighted by Gasteiger charge is -2.52. The third-order valence-electron chi connectivity index (χ3n) is 7.26. The minimum atomic E-state index is -3.42. The molecule has 2 aromatic rings. The first-order valence-electron chi connectivity index (χ1n) is 11.9. The molecule has 35 heavy (non-hydrogen) atoms. The van der Waals surface area contributed by atoms with Gasteiger partial charge in [0.25, 0.3) is 0 Å². The minimum absolute atomic E-state index is 0.0304. The van der Waals surface area contributed by atoms with E-state index in [1.807, 2.05) is 54.3 Å². The predicted molar refractivity (Wildman–Crippen MR) is 142 cm³/mol. The van der Waals surface area contributed by atoms with E-state index in [2.05, 4.69) is 17.4 Å². The van der Waals surface area contributed by atoms with Gasteiger partial charge in [-0.3, -0.25) is 4.79 Å². The zero-order chi connectivity index (χ0) is 25.4. The van der Waals surface area contributed by atoms with Crippen molar-refractivity contribution in [3.05, 3.63) is 82.4 Å². The van der Waals surface area contributed by atoms with Crippen molar-refractivity contribution < 1.29 is 13.2 Å². The predicted octanol–water partition coefficient (Wildman–Crippen LogP) is 5.96. The number of carbonyl (C=O) groups is 1. The number of benzene rings is 2. The van der Waals surface area contributed by atoms with Crippen molar-refractivity contribution in [2.75, 3.05) is 12.8 Å². The number of carbonyl (C=O) groups excluding carboxylic acids is 1. The number of likely N-dealkylation sites (tertiary alicyclic amines) is 1. The monoisotopic (exact) mass is 534 g/mol. The number of halogens is 2. The van der Waals surface area contributed by atoms with Gasteiger partial charge in [0.2, 0.25) is 15.9 Å². The van der Waals surface area contributed by atoms with Gasteiger partial charge in [0.1, 0.15) is 0 Å². The van der Waals surface area contributed by atoms with Crippen LogP contribution in [0.15, 0.2) is 61.2 Å². The molecule has 2 unspecified atom stereocenters. The Hall–Kier alpha value is -1.86.